The highest BCUT2D eigenvalue weighted by atomic mass is 32.2. The summed E-state index contributed by atoms with van der Waals surface area (Å²) in [4.78, 5) is 0.179. The fraction of sp³-hybridized carbons (Fsp3) is 0.467. The van der Waals surface area contributed by atoms with Crippen molar-refractivity contribution in [3.05, 3.63) is 29.8 Å². The van der Waals surface area contributed by atoms with Crippen molar-refractivity contribution in [1.82, 2.24) is 4.72 Å². The van der Waals surface area contributed by atoms with Crippen molar-refractivity contribution in [3.8, 4) is 11.8 Å². The van der Waals surface area contributed by atoms with Crippen molar-refractivity contribution in [1.29, 1.82) is 0 Å². The normalized spacial score (nSPS) is 13.4. The van der Waals surface area contributed by atoms with E-state index in [9.17, 15) is 8.42 Å². The molecule has 0 radical (unpaired) electrons. The minimum atomic E-state index is -3.57. The molecule has 0 fully saturated rings. The summed E-state index contributed by atoms with van der Waals surface area (Å²) in [6.45, 7) is 7.51. The largest absolute Gasteiger partial charge is 0.384 e. The molecule has 1 atom stereocenters. The SMILES string of the molecule is CC(NS(=O)(=O)c1cccc(C#CCO)c1)C(C)(C)C. The monoisotopic (exact) mass is 295 g/mol. The summed E-state index contributed by atoms with van der Waals surface area (Å²) in [5, 5.41) is 8.66. The van der Waals surface area contributed by atoms with Crippen LogP contribution in [0.1, 0.15) is 33.3 Å². The summed E-state index contributed by atoms with van der Waals surface area (Å²) in [5.74, 6) is 5.20. The molecule has 5 heteroatoms. The fourth-order valence-corrected chi connectivity index (χ4v) is 2.86. The zero-order valence-electron chi connectivity index (χ0n) is 12.3. The lowest BCUT2D eigenvalue weighted by atomic mass is 9.89. The van der Waals surface area contributed by atoms with Gasteiger partial charge in [-0.25, -0.2) is 13.1 Å². The molecule has 0 heterocycles. The summed E-state index contributed by atoms with van der Waals surface area (Å²) in [7, 11) is -3.57. The Morgan fingerprint density at radius 3 is 2.55 bits per heavy atom. The third kappa shape index (κ3) is 4.64. The first-order valence-corrected chi connectivity index (χ1v) is 7.87. The average molecular weight is 295 g/mol. The first-order valence-electron chi connectivity index (χ1n) is 6.39. The molecule has 0 aliphatic carbocycles. The number of aliphatic hydroxyl groups excluding tert-OH is 1. The first kappa shape index (κ1) is 16.7. The Balaban J connectivity index is 3.04. The van der Waals surface area contributed by atoms with Crippen molar-refractivity contribution in [3.63, 3.8) is 0 Å². The Morgan fingerprint density at radius 2 is 2.00 bits per heavy atom. The summed E-state index contributed by atoms with van der Waals surface area (Å²) < 4.78 is 27.3. The number of nitrogens with one attached hydrogen (secondary N) is 1. The molecular formula is C15H21NO3S. The quantitative estimate of drug-likeness (QED) is 0.835. The van der Waals surface area contributed by atoms with E-state index in [1.54, 1.807) is 12.1 Å². The van der Waals surface area contributed by atoms with Gasteiger partial charge in [-0.05, 0) is 30.5 Å². The summed E-state index contributed by atoms with van der Waals surface area (Å²) in [6, 6.07) is 6.18. The zero-order valence-corrected chi connectivity index (χ0v) is 13.1. The Labute approximate surface area is 121 Å². The molecular weight excluding hydrogens is 274 g/mol. The van der Waals surface area contributed by atoms with Gasteiger partial charge in [-0.15, -0.1) is 0 Å². The highest BCUT2D eigenvalue weighted by Gasteiger charge is 2.25. The highest BCUT2D eigenvalue weighted by molar-refractivity contribution is 7.89. The van der Waals surface area contributed by atoms with Gasteiger partial charge in [0, 0.05) is 11.6 Å². The maximum atomic E-state index is 12.3. The van der Waals surface area contributed by atoms with E-state index in [0.717, 1.165) is 0 Å². The second-order valence-corrected chi connectivity index (χ2v) is 7.41. The zero-order chi connectivity index (χ0) is 15.4. The molecule has 0 spiro atoms. The second kappa shape index (κ2) is 6.40. The van der Waals surface area contributed by atoms with Crippen molar-refractivity contribution < 1.29 is 13.5 Å². The fourth-order valence-electron chi connectivity index (χ4n) is 1.36. The Kier molecular flexibility index (Phi) is 5.35. The molecule has 1 aromatic rings. The third-order valence-corrected chi connectivity index (χ3v) is 4.63. The van der Waals surface area contributed by atoms with Crippen LogP contribution in [0.5, 0.6) is 0 Å². The molecule has 1 rings (SSSR count). The van der Waals surface area contributed by atoms with Gasteiger partial charge in [-0.2, -0.15) is 0 Å². The van der Waals surface area contributed by atoms with E-state index in [1.807, 2.05) is 27.7 Å². The molecule has 20 heavy (non-hydrogen) atoms. The van der Waals surface area contributed by atoms with Gasteiger partial charge in [0.15, 0.2) is 0 Å². The standard InChI is InChI=1S/C15H21NO3S/c1-12(15(2,3)4)16-20(18,19)14-9-5-7-13(11-14)8-6-10-17/h5,7,9,11-12,16-17H,10H2,1-4H3. The van der Waals surface area contributed by atoms with E-state index in [2.05, 4.69) is 16.6 Å². The number of benzene rings is 1. The van der Waals surface area contributed by atoms with Gasteiger partial charge in [0.25, 0.3) is 0 Å². The molecule has 0 bridgehead atoms. The number of rotatable bonds is 3. The first-order chi connectivity index (χ1) is 9.16. The van der Waals surface area contributed by atoms with Crippen LogP contribution >= 0.6 is 0 Å². The Hall–Kier alpha value is -1.35. The number of hydrogen-bond donors (Lipinski definition) is 2. The number of sulfonamides is 1. The van der Waals surface area contributed by atoms with Gasteiger partial charge in [0.2, 0.25) is 10.0 Å². The second-order valence-electron chi connectivity index (χ2n) is 5.70. The average Bonchev–Trinajstić information content (AvgIpc) is 2.35. The smallest absolute Gasteiger partial charge is 0.240 e. The van der Waals surface area contributed by atoms with Gasteiger partial charge in [0.1, 0.15) is 6.61 Å². The molecule has 0 aliphatic rings. The van der Waals surface area contributed by atoms with Crippen LogP contribution in [0.4, 0.5) is 0 Å². The lowest BCUT2D eigenvalue weighted by Crippen LogP contribution is -2.41. The van der Waals surface area contributed by atoms with Crippen LogP contribution in [0.3, 0.4) is 0 Å². The minimum absolute atomic E-state index is 0.165. The minimum Gasteiger partial charge on any atom is -0.384 e. The predicted octanol–water partition coefficient (Wildman–Crippen LogP) is 1.74. The summed E-state index contributed by atoms with van der Waals surface area (Å²) in [6.07, 6.45) is 0. The van der Waals surface area contributed by atoms with E-state index in [0.29, 0.717) is 5.56 Å². The van der Waals surface area contributed by atoms with Crippen LogP contribution in [-0.4, -0.2) is 26.2 Å². The number of aliphatic hydroxyl groups is 1. The van der Waals surface area contributed by atoms with Crippen LogP contribution in [-0.2, 0) is 10.0 Å². The van der Waals surface area contributed by atoms with E-state index >= 15 is 0 Å². The molecule has 1 unspecified atom stereocenters. The van der Waals surface area contributed by atoms with Crippen LogP contribution in [0, 0.1) is 17.3 Å². The molecule has 0 aliphatic heterocycles. The van der Waals surface area contributed by atoms with Gasteiger partial charge < -0.3 is 5.11 Å². The van der Waals surface area contributed by atoms with Gasteiger partial charge >= 0.3 is 0 Å². The molecule has 4 nitrogen and oxygen atoms in total. The van der Waals surface area contributed by atoms with Crippen molar-refractivity contribution >= 4 is 10.0 Å². The van der Waals surface area contributed by atoms with Gasteiger partial charge in [-0.3, -0.25) is 0 Å². The van der Waals surface area contributed by atoms with Crippen molar-refractivity contribution in [2.75, 3.05) is 6.61 Å². The maximum Gasteiger partial charge on any atom is 0.240 e. The van der Waals surface area contributed by atoms with E-state index in [4.69, 9.17) is 5.11 Å². The van der Waals surface area contributed by atoms with Crippen LogP contribution < -0.4 is 4.72 Å². The van der Waals surface area contributed by atoms with E-state index < -0.39 is 10.0 Å². The molecule has 0 saturated heterocycles. The molecule has 0 amide bonds. The van der Waals surface area contributed by atoms with Crippen LogP contribution in [0.15, 0.2) is 29.2 Å². The van der Waals surface area contributed by atoms with Crippen molar-refractivity contribution in [2.24, 2.45) is 5.41 Å². The Morgan fingerprint density at radius 1 is 1.35 bits per heavy atom. The van der Waals surface area contributed by atoms with Gasteiger partial charge in [0.05, 0.1) is 4.90 Å². The van der Waals surface area contributed by atoms with E-state index in [-0.39, 0.29) is 23.0 Å². The van der Waals surface area contributed by atoms with Crippen LogP contribution in [0.2, 0.25) is 0 Å². The number of hydrogen-bond acceptors (Lipinski definition) is 3. The topological polar surface area (TPSA) is 66.4 Å². The maximum absolute atomic E-state index is 12.3. The molecule has 2 N–H and O–H groups in total. The molecule has 1 aromatic carbocycles. The molecule has 0 saturated carbocycles. The van der Waals surface area contributed by atoms with Crippen molar-refractivity contribution in [2.45, 2.75) is 38.6 Å². The highest BCUT2D eigenvalue weighted by Crippen LogP contribution is 2.21. The lowest BCUT2D eigenvalue weighted by molar-refractivity contribution is 0.317. The van der Waals surface area contributed by atoms with Gasteiger partial charge in [-0.1, -0.05) is 38.7 Å². The summed E-state index contributed by atoms with van der Waals surface area (Å²) >= 11 is 0. The lowest BCUT2D eigenvalue weighted by Gasteiger charge is -2.27. The molecule has 110 valence electrons. The molecule has 0 aromatic heterocycles. The van der Waals surface area contributed by atoms with E-state index in [1.165, 1.54) is 12.1 Å². The Bertz CT molecular complexity index is 618. The van der Waals surface area contributed by atoms with Crippen LogP contribution in [0.25, 0.3) is 0 Å². The third-order valence-electron chi connectivity index (χ3n) is 3.09. The summed E-state index contributed by atoms with van der Waals surface area (Å²) in [5.41, 5.74) is 0.395. The predicted molar refractivity (Wildman–Crippen MR) is 79.6 cm³/mol.